The second-order valence-corrected chi connectivity index (χ2v) is 7.27. The van der Waals surface area contributed by atoms with Gasteiger partial charge in [0.15, 0.2) is 12.2 Å². The van der Waals surface area contributed by atoms with Gasteiger partial charge in [0.1, 0.15) is 12.2 Å². The van der Waals surface area contributed by atoms with Gasteiger partial charge < -0.3 is 18.9 Å². The molecule has 6 nitrogen and oxygen atoms in total. The molecule has 2 saturated heterocycles. The standard InChI is InChI=1S/C20H34O6/c1-3-5-7-9-11-17(21)25-15-13-23-20-16(14-24-19(15)20)26-18(22)12-10-8-6-4-2/h15-16,19-20H,3-14H2,1-2H3. The Bertz CT molecular complexity index is 398. The quantitative estimate of drug-likeness (QED) is 0.386. The minimum atomic E-state index is -0.396. The predicted octanol–water partition coefficient (Wildman–Crippen LogP) is 3.55. The number of hydrogen-bond donors (Lipinski definition) is 0. The molecule has 0 aromatic rings. The van der Waals surface area contributed by atoms with Crippen LogP contribution in [0.3, 0.4) is 0 Å². The van der Waals surface area contributed by atoms with Gasteiger partial charge >= 0.3 is 11.9 Å². The molecular weight excluding hydrogens is 336 g/mol. The SMILES string of the molecule is CCCCCCC(=O)OC1COC2C(OC(=O)CCCCCC)COC12. The number of ether oxygens (including phenoxy) is 4. The average Bonchev–Trinajstić information content (AvgIpc) is 3.20. The molecule has 0 aromatic carbocycles. The van der Waals surface area contributed by atoms with Gasteiger partial charge in [0, 0.05) is 12.8 Å². The zero-order valence-electron chi connectivity index (χ0n) is 16.2. The fraction of sp³-hybridized carbons (Fsp3) is 0.900. The summed E-state index contributed by atoms with van der Waals surface area (Å²) in [6.45, 7) is 4.89. The van der Waals surface area contributed by atoms with E-state index in [0.29, 0.717) is 26.1 Å². The number of esters is 2. The second kappa shape index (κ2) is 11.5. The van der Waals surface area contributed by atoms with Crippen LogP contribution in [0.25, 0.3) is 0 Å². The Morgan fingerprint density at radius 2 is 1.15 bits per heavy atom. The van der Waals surface area contributed by atoms with E-state index in [4.69, 9.17) is 18.9 Å². The third-order valence-corrected chi connectivity index (χ3v) is 5.00. The molecule has 0 saturated carbocycles. The lowest BCUT2D eigenvalue weighted by Crippen LogP contribution is -2.35. The number of carbonyl (C=O) groups is 2. The summed E-state index contributed by atoms with van der Waals surface area (Å²) in [6.07, 6.45) is 7.78. The molecule has 2 heterocycles. The molecule has 4 unspecified atom stereocenters. The summed E-state index contributed by atoms with van der Waals surface area (Å²) in [5.41, 5.74) is 0. The highest BCUT2D eigenvalue weighted by atomic mass is 16.7. The lowest BCUT2D eigenvalue weighted by molar-refractivity contribution is -0.155. The van der Waals surface area contributed by atoms with Crippen LogP contribution >= 0.6 is 0 Å². The smallest absolute Gasteiger partial charge is 0.306 e. The largest absolute Gasteiger partial charge is 0.457 e. The van der Waals surface area contributed by atoms with E-state index >= 15 is 0 Å². The Morgan fingerprint density at radius 3 is 1.54 bits per heavy atom. The third kappa shape index (κ3) is 6.54. The van der Waals surface area contributed by atoms with Crippen molar-refractivity contribution in [1.82, 2.24) is 0 Å². The summed E-state index contributed by atoms with van der Waals surface area (Å²) in [6, 6.07) is 0. The van der Waals surface area contributed by atoms with E-state index < -0.39 is 12.2 Å². The summed E-state index contributed by atoms with van der Waals surface area (Å²) >= 11 is 0. The number of carbonyl (C=O) groups excluding carboxylic acids is 2. The molecule has 0 N–H and O–H groups in total. The molecule has 0 bridgehead atoms. The van der Waals surface area contributed by atoms with Crippen molar-refractivity contribution in [3.05, 3.63) is 0 Å². The molecule has 0 aliphatic carbocycles. The summed E-state index contributed by atoms with van der Waals surface area (Å²) in [7, 11) is 0. The van der Waals surface area contributed by atoms with Crippen LogP contribution in [0.15, 0.2) is 0 Å². The van der Waals surface area contributed by atoms with Gasteiger partial charge in [-0.05, 0) is 12.8 Å². The molecule has 0 radical (unpaired) electrons. The molecule has 150 valence electrons. The first kappa shape index (κ1) is 21.2. The number of rotatable bonds is 12. The maximum atomic E-state index is 12.0. The zero-order chi connectivity index (χ0) is 18.8. The Hall–Kier alpha value is -1.14. The molecule has 6 heteroatoms. The summed E-state index contributed by atoms with van der Waals surface area (Å²) in [5, 5.41) is 0. The van der Waals surface area contributed by atoms with Crippen molar-refractivity contribution in [2.45, 2.75) is 102 Å². The van der Waals surface area contributed by atoms with Crippen molar-refractivity contribution in [2.24, 2.45) is 0 Å². The van der Waals surface area contributed by atoms with Gasteiger partial charge in [0.2, 0.25) is 0 Å². The first-order valence-electron chi connectivity index (χ1n) is 10.3. The Morgan fingerprint density at radius 1 is 0.731 bits per heavy atom. The topological polar surface area (TPSA) is 71.1 Å². The molecule has 0 aromatic heterocycles. The Kier molecular flexibility index (Phi) is 9.40. The van der Waals surface area contributed by atoms with Gasteiger partial charge in [-0.15, -0.1) is 0 Å². The van der Waals surface area contributed by atoms with E-state index in [1.807, 2.05) is 0 Å². The highest BCUT2D eigenvalue weighted by Gasteiger charge is 2.51. The number of fused-ring (bicyclic) bond motifs is 1. The molecule has 2 fully saturated rings. The molecule has 2 rings (SSSR count). The van der Waals surface area contributed by atoms with Gasteiger partial charge in [-0.2, -0.15) is 0 Å². The van der Waals surface area contributed by atoms with Crippen molar-refractivity contribution in [1.29, 1.82) is 0 Å². The van der Waals surface area contributed by atoms with Crippen LogP contribution in [-0.4, -0.2) is 49.6 Å². The van der Waals surface area contributed by atoms with Gasteiger partial charge in [-0.25, -0.2) is 0 Å². The van der Waals surface area contributed by atoms with E-state index in [1.54, 1.807) is 0 Å². The summed E-state index contributed by atoms with van der Waals surface area (Å²) < 4.78 is 22.5. The van der Waals surface area contributed by atoms with Crippen molar-refractivity contribution in [3.8, 4) is 0 Å². The maximum absolute atomic E-state index is 12.0. The zero-order valence-corrected chi connectivity index (χ0v) is 16.2. The van der Waals surface area contributed by atoms with Crippen LogP contribution in [0, 0.1) is 0 Å². The van der Waals surface area contributed by atoms with Gasteiger partial charge in [0.05, 0.1) is 13.2 Å². The van der Waals surface area contributed by atoms with Crippen LogP contribution in [0.5, 0.6) is 0 Å². The van der Waals surface area contributed by atoms with E-state index in [2.05, 4.69) is 13.8 Å². The van der Waals surface area contributed by atoms with Crippen molar-refractivity contribution in [2.75, 3.05) is 13.2 Å². The third-order valence-electron chi connectivity index (χ3n) is 5.00. The molecule has 2 aliphatic rings. The molecule has 4 atom stereocenters. The van der Waals surface area contributed by atoms with Gasteiger partial charge in [-0.1, -0.05) is 52.4 Å². The summed E-state index contributed by atoms with van der Waals surface area (Å²) in [4.78, 5) is 23.9. The molecular formula is C20H34O6. The fourth-order valence-electron chi connectivity index (χ4n) is 3.48. The monoisotopic (exact) mass is 370 g/mol. The minimum absolute atomic E-state index is 0.199. The first-order chi connectivity index (χ1) is 12.7. The molecule has 0 spiro atoms. The van der Waals surface area contributed by atoms with Crippen molar-refractivity contribution >= 4 is 11.9 Å². The molecule has 26 heavy (non-hydrogen) atoms. The van der Waals surface area contributed by atoms with E-state index in [9.17, 15) is 9.59 Å². The van der Waals surface area contributed by atoms with Crippen molar-refractivity contribution < 1.29 is 28.5 Å². The maximum Gasteiger partial charge on any atom is 0.306 e. The normalized spacial score (nSPS) is 27.3. The Balaban J connectivity index is 1.68. The fourth-order valence-corrected chi connectivity index (χ4v) is 3.48. The highest BCUT2D eigenvalue weighted by Crippen LogP contribution is 2.31. The lowest BCUT2D eigenvalue weighted by atomic mass is 10.1. The first-order valence-corrected chi connectivity index (χ1v) is 10.3. The van der Waals surface area contributed by atoms with Crippen LogP contribution in [0.2, 0.25) is 0 Å². The Labute approximate surface area is 156 Å². The van der Waals surface area contributed by atoms with Gasteiger partial charge in [-0.3, -0.25) is 9.59 Å². The van der Waals surface area contributed by atoms with Crippen LogP contribution in [0.1, 0.15) is 78.1 Å². The second-order valence-electron chi connectivity index (χ2n) is 7.27. The van der Waals surface area contributed by atoms with E-state index in [1.165, 1.54) is 0 Å². The van der Waals surface area contributed by atoms with Gasteiger partial charge in [0.25, 0.3) is 0 Å². The number of unbranched alkanes of at least 4 members (excludes halogenated alkanes) is 6. The van der Waals surface area contributed by atoms with E-state index in [-0.39, 0.29) is 24.1 Å². The molecule has 0 amide bonds. The van der Waals surface area contributed by atoms with Crippen molar-refractivity contribution in [3.63, 3.8) is 0 Å². The highest BCUT2D eigenvalue weighted by molar-refractivity contribution is 5.70. The molecule has 2 aliphatic heterocycles. The van der Waals surface area contributed by atoms with Crippen LogP contribution in [0.4, 0.5) is 0 Å². The van der Waals surface area contributed by atoms with Crippen LogP contribution < -0.4 is 0 Å². The minimum Gasteiger partial charge on any atom is -0.457 e. The lowest BCUT2D eigenvalue weighted by Gasteiger charge is -2.17. The van der Waals surface area contributed by atoms with E-state index in [0.717, 1.165) is 51.4 Å². The van der Waals surface area contributed by atoms with Crippen LogP contribution in [-0.2, 0) is 28.5 Å². The predicted molar refractivity (Wildman–Crippen MR) is 96.8 cm³/mol. The summed E-state index contributed by atoms with van der Waals surface area (Å²) in [5.74, 6) is -0.398. The number of hydrogen-bond acceptors (Lipinski definition) is 6. The average molecular weight is 370 g/mol.